The Morgan fingerprint density at radius 2 is 2.09 bits per heavy atom. The second kappa shape index (κ2) is 7.94. The molecule has 2 amide bonds. The predicted molar refractivity (Wildman–Crippen MR) is 86.9 cm³/mol. The monoisotopic (exact) mass is 304 g/mol. The van der Waals surface area contributed by atoms with Gasteiger partial charge in [0.15, 0.2) is 0 Å². The first-order valence-electron chi connectivity index (χ1n) is 7.93. The van der Waals surface area contributed by atoms with Gasteiger partial charge in [0.2, 0.25) is 5.91 Å². The van der Waals surface area contributed by atoms with E-state index in [2.05, 4.69) is 10.6 Å². The normalized spacial score (nSPS) is 17.3. The molecule has 1 unspecified atom stereocenters. The van der Waals surface area contributed by atoms with Crippen molar-refractivity contribution < 1.29 is 14.3 Å². The molecule has 2 rings (SSSR count). The number of carbonyl (C=O) groups is 2. The molecule has 1 saturated heterocycles. The smallest absolute Gasteiger partial charge is 0.253 e. The highest BCUT2D eigenvalue weighted by Gasteiger charge is 2.24. The minimum absolute atomic E-state index is 0.0293. The number of hydrogen-bond acceptors (Lipinski definition) is 3. The molecule has 1 aliphatic rings. The van der Waals surface area contributed by atoms with Crippen LogP contribution in [0.3, 0.4) is 0 Å². The molecular formula is C17H24N2O3. The molecule has 1 atom stereocenters. The van der Waals surface area contributed by atoms with Gasteiger partial charge in [0.1, 0.15) is 6.10 Å². The Morgan fingerprint density at radius 3 is 2.77 bits per heavy atom. The molecule has 1 aromatic carbocycles. The van der Waals surface area contributed by atoms with E-state index in [4.69, 9.17) is 4.74 Å². The summed E-state index contributed by atoms with van der Waals surface area (Å²) < 4.78 is 5.39. The Bertz CT molecular complexity index is 537. The predicted octanol–water partition coefficient (Wildman–Crippen LogP) is 3.24. The van der Waals surface area contributed by atoms with Gasteiger partial charge in [0.25, 0.3) is 5.91 Å². The van der Waals surface area contributed by atoms with Crippen LogP contribution in [0.15, 0.2) is 18.2 Å². The third-order valence-electron chi connectivity index (χ3n) is 3.69. The summed E-state index contributed by atoms with van der Waals surface area (Å²) in [5, 5.41) is 5.75. The quantitative estimate of drug-likeness (QED) is 0.848. The number of ether oxygens (including phenoxy) is 1. The molecule has 0 aliphatic carbocycles. The number of nitrogens with one attached hydrogen (secondary N) is 2. The van der Waals surface area contributed by atoms with E-state index in [0.29, 0.717) is 24.4 Å². The Hall–Kier alpha value is -1.88. The van der Waals surface area contributed by atoms with Crippen molar-refractivity contribution in [2.45, 2.75) is 52.1 Å². The maximum Gasteiger partial charge on any atom is 0.253 e. The molecule has 5 nitrogen and oxygen atoms in total. The molecule has 2 N–H and O–H groups in total. The lowest BCUT2D eigenvalue weighted by atomic mass is 10.1. The van der Waals surface area contributed by atoms with E-state index >= 15 is 0 Å². The summed E-state index contributed by atoms with van der Waals surface area (Å²) in [5.74, 6) is -0.175. The Kier molecular flexibility index (Phi) is 5.95. The minimum atomic E-state index is -0.385. The van der Waals surface area contributed by atoms with E-state index in [9.17, 15) is 9.59 Å². The molecule has 1 fully saturated rings. The van der Waals surface area contributed by atoms with Crippen molar-refractivity contribution in [3.05, 3.63) is 23.8 Å². The van der Waals surface area contributed by atoms with Gasteiger partial charge in [0, 0.05) is 13.0 Å². The number of anilines is 2. The van der Waals surface area contributed by atoms with Crippen LogP contribution in [0.5, 0.6) is 0 Å². The van der Waals surface area contributed by atoms with Crippen molar-refractivity contribution in [3.8, 4) is 0 Å². The lowest BCUT2D eigenvalue weighted by molar-refractivity contribution is -0.124. The number of rotatable bonds is 6. The van der Waals surface area contributed by atoms with Gasteiger partial charge >= 0.3 is 0 Å². The molecule has 120 valence electrons. The Balaban J connectivity index is 2.06. The zero-order chi connectivity index (χ0) is 15.9. The topological polar surface area (TPSA) is 67.4 Å². The summed E-state index contributed by atoms with van der Waals surface area (Å²) in [6.07, 6.45) is 3.59. The first-order chi connectivity index (χ1) is 10.6. The highest BCUT2D eigenvalue weighted by atomic mass is 16.5. The molecule has 0 bridgehead atoms. The van der Waals surface area contributed by atoms with Crippen molar-refractivity contribution in [2.24, 2.45) is 0 Å². The highest BCUT2D eigenvalue weighted by Crippen LogP contribution is 2.25. The fourth-order valence-corrected chi connectivity index (χ4v) is 2.42. The minimum Gasteiger partial charge on any atom is -0.368 e. The van der Waals surface area contributed by atoms with E-state index in [1.807, 2.05) is 32.0 Å². The van der Waals surface area contributed by atoms with Gasteiger partial charge in [0.05, 0.1) is 11.4 Å². The van der Waals surface area contributed by atoms with Crippen molar-refractivity contribution in [1.29, 1.82) is 0 Å². The number of benzene rings is 1. The largest absolute Gasteiger partial charge is 0.368 e. The van der Waals surface area contributed by atoms with Crippen LogP contribution in [0.2, 0.25) is 0 Å². The van der Waals surface area contributed by atoms with E-state index in [-0.39, 0.29) is 17.9 Å². The number of amides is 2. The van der Waals surface area contributed by atoms with E-state index in [1.165, 1.54) is 0 Å². The van der Waals surface area contributed by atoms with Gasteiger partial charge in [-0.3, -0.25) is 9.59 Å². The number of unbranched alkanes of at least 4 members (excludes halogenated alkanes) is 1. The standard InChI is InChI=1S/C17H24N2O3/c1-3-4-7-16(20)18-13-9-8-12(2)11-14(13)19-17(21)15-6-5-10-22-15/h8-9,11,15H,3-7,10H2,1-2H3,(H,18,20)(H,19,21). The van der Waals surface area contributed by atoms with E-state index < -0.39 is 0 Å². The van der Waals surface area contributed by atoms with E-state index in [0.717, 1.165) is 31.2 Å². The first-order valence-corrected chi connectivity index (χ1v) is 7.93. The van der Waals surface area contributed by atoms with Crippen LogP contribution in [-0.2, 0) is 14.3 Å². The third kappa shape index (κ3) is 4.56. The van der Waals surface area contributed by atoms with Crippen molar-refractivity contribution >= 4 is 23.2 Å². The van der Waals surface area contributed by atoms with Crippen LogP contribution in [-0.4, -0.2) is 24.5 Å². The molecular weight excluding hydrogens is 280 g/mol. The molecule has 0 spiro atoms. The van der Waals surface area contributed by atoms with Crippen LogP contribution >= 0.6 is 0 Å². The summed E-state index contributed by atoms with van der Waals surface area (Å²) in [6.45, 7) is 4.63. The summed E-state index contributed by atoms with van der Waals surface area (Å²) in [5.41, 5.74) is 2.29. The molecule has 5 heteroatoms. The van der Waals surface area contributed by atoms with Gasteiger partial charge in [-0.15, -0.1) is 0 Å². The Labute approximate surface area is 131 Å². The first kappa shape index (κ1) is 16.5. The van der Waals surface area contributed by atoms with Crippen LogP contribution in [0.1, 0.15) is 44.6 Å². The van der Waals surface area contributed by atoms with Crippen LogP contribution in [0.4, 0.5) is 11.4 Å². The van der Waals surface area contributed by atoms with Gasteiger partial charge in [-0.1, -0.05) is 19.4 Å². The van der Waals surface area contributed by atoms with E-state index in [1.54, 1.807) is 0 Å². The average Bonchev–Trinajstić information content (AvgIpc) is 3.02. The van der Waals surface area contributed by atoms with Crippen molar-refractivity contribution in [1.82, 2.24) is 0 Å². The number of hydrogen-bond donors (Lipinski definition) is 2. The number of aryl methyl sites for hydroxylation is 1. The molecule has 22 heavy (non-hydrogen) atoms. The SMILES string of the molecule is CCCCC(=O)Nc1ccc(C)cc1NC(=O)C1CCCO1. The van der Waals surface area contributed by atoms with Gasteiger partial charge in [-0.2, -0.15) is 0 Å². The average molecular weight is 304 g/mol. The zero-order valence-electron chi connectivity index (χ0n) is 13.3. The maximum atomic E-state index is 12.2. The van der Waals surface area contributed by atoms with Crippen LogP contribution in [0, 0.1) is 6.92 Å². The van der Waals surface area contributed by atoms with Crippen molar-refractivity contribution in [3.63, 3.8) is 0 Å². The van der Waals surface area contributed by atoms with Crippen LogP contribution < -0.4 is 10.6 Å². The molecule has 1 heterocycles. The second-order valence-corrected chi connectivity index (χ2v) is 5.69. The molecule has 0 radical (unpaired) electrons. The fourth-order valence-electron chi connectivity index (χ4n) is 2.42. The van der Waals surface area contributed by atoms with Gasteiger partial charge in [-0.05, 0) is 43.9 Å². The van der Waals surface area contributed by atoms with Crippen molar-refractivity contribution in [2.75, 3.05) is 17.2 Å². The molecule has 0 aromatic heterocycles. The summed E-state index contributed by atoms with van der Waals surface area (Å²) in [4.78, 5) is 24.1. The van der Waals surface area contributed by atoms with Gasteiger partial charge in [-0.25, -0.2) is 0 Å². The molecule has 1 aliphatic heterocycles. The fraction of sp³-hybridized carbons (Fsp3) is 0.529. The lowest BCUT2D eigenvalue weighted by Crippen LogP contribution is -2.27. The van der Waals surface area contributed by atoms with Crippen LogP contribution in [0.25, 0.3) is 0 Å². The summed E-state index contributed by atoms with van der Waals surface area (Å²) in [6, 6.07) is 5.60. The number of carbonyl (C=O) groups excluding carboxylic acids is 2. The molecule has 0 saturated carbocycles. The lowest BCUT2D eigenvalue weighted by Gasteiger charge is -2.15. The Morgan fingerprint density at radius 1 is 1.27 bits per heavy atom. The summed E-state index contributed by atoms with van der Waals surface area (Å²) >= 11 is 0. The molecule has 1 aromatic rings. The second-order valence-electron chi connectivity index (χ2n) is 5.69. The third-order valence-corrected chi connectivity index (χ3v) is 3.69. The highest BCUT2D eigenvalue weighted by molar-refractivity contribution is 6.01. The van der Waals surface area contributed by atoms with Gasteiger partial charge < -0.3 is 15.4 Å². The summed E-state index contributed by atoms with van der Waals surface area (Å²) in [7, 11) is 0. The maximum absolute atomic E-state index is 12.2. The zero-order valence-corrected chi connectivity index (χ0v) is 13.3.